The van der Waals surface area contributed by atoms with Crippen LogP contribution in [0.1, 0.15) is 46.0 Å². The Hall–Kier alpha value is -2.05. The van der Waals surface area contributed by atoms with Crippen LogP contribution in [0, 0.1) is 11.8 Å². The zero-order valence-corrected chi connectivity index (χ0v) is 15.3. The summed E-state index contributed by atoms with van der Waals surface area (Å²) in [5.41, 5.74) is 0. The maximum Gasteiger partial charge on any atom is 0.407 e. The highest BCUT2D eigenvalue weighted by Gasteiger charge is 2.21. The quantitative estimate of drug-likeness (QED) is 0.409. The van der Waals surface area contributed by atoms with Gasteiger partial charge in [0.1, 0.15) is 12.7 Å². The van der Waals surface area contributed by atoms with Crippen molar-refractivity contribution in [3.63, 3.8) is 0 Å². The molecule has 1 rings (SSSR count). The molecule has 0 saturated heterocycles. The van der Waals surface area contributed by atoms with E-state index in [1.54, 1.807) is 0 Å². The fraction of sp³-hybridized carbons (Fsp3) is 0.722. The second-order valence-electron chi connectivity index (χ2n) is 6.56. The fourth-order valence-electron chi connectivity index (χ4n) is 2.58. The minimum absolute atomic E-state index is 0.0159. The normalized spacial score (nSPS) is 16.5. The number of methoxy groups -OCH3 is 1. The van der Waals surface area contributed by atoms with Gasteiger partial charge in [0, 0.05) is 18.7 Å². The first kappa shape index (κ1) is 21.0. The van der Waals surface area contributed by atoms with Crippen LogP contribution in [0.3, 0.4) is 0 Å². The van der Waals surface area contributed by atoms with E-state index in [1.807, 2.05) is 13.8 Å². The van der Waals surface area contributed by atoms with Crippen LogP contribution in [-0.2, 0) is 23.8 Å². The van der Waals surface area contributed by atoms with Crippen LogP contribution in [0.2, 0.25) is 0 Å². The van der Waals surface area contributed by atoms with Crippen LogP contribution in [0.25, 0.3) is 0 Å². The first-order chi connectivity index (χ1) is 11.9. The number of carbonyl (C=O) groups is 3. The van der Waals surface area contributed by atoms with Gasteiger partial charge in [-0.2, -0.15) is 0 Å². The lowest BCUT2D eigenvalue weighted by Gasteiger charge is -2.24. The number of carbonyl (C=O) groups excluding carboxylic acids is 3. The number of ether oxygens (including phenoxy) is 3. The van der Waals surface area contributed by atoms with E-state index < -0.39 is 24.1 Å². The van der Waals surface area contributed by atoms with Gasteiger partial charge in [0.2, 0.25) is 0 Å². The van der Waals surface area contributed by atoms with Gasteiger partial charge in [-0.15, -0.1) is 0 Å². The van der Waals surface area contributed by atoms with Gasteiger partial charge in [0.15, 0.2) is 0 Å². The topological polar surface area (TPSA) is 90.9 Å². The van der Waals surface area contributed by atoms with E-state index in [0.29, 0.717) is 12.5 Å². The highest BCUT2D eigenvalue weighted by Crippen LogP contribution is 2.22. The van der Waals surface area contributed by atoms with Crippen molar-refractivity contribution in [2.24, 2.45) is 11.8 Å². The van der Waals surface area contributed by atoms with Gasteiger partial charge in [-0.05, 0) is 24.7 Å². The molecule has 0 unspecified atom stereocenters. The van der Waals surface area contributed by atoms with Gasteiger partial charge < -0.3 is 19.5 Å². The molecule has 1 amide bonds. The first-order valence-corrected chi connectivity index (χ1v) is 8.79. The molecule has 0 radical (unpaired) electrons. The average Bonchev–Trinajstić information content (AvgIpc) is 2.61. The third-order valence-electron chi connectivity index (χ3n) is 4.21. The zero-order chi connectivity index (χ0) is 18.7. The lowest BCUT2D eigenvalue weighted by Crippen LogP contribution is -2.37. The van der Waals surface area contributed by atoms with Crippen molar-refractivity contribution >= 4 is 18.0 Å². The molecule has 7 nitrogen and oxygen atoms in total. The van der Waals surface area contributed by atoms with Crippen molar-refractivity contribution < 1.29 is 28.6 Å². The molecular formula is C18H29NO6. The predicted molar refractivity (Wildman–Crippen MR) is 91.8 cm³/mol. The first-order valence-electron chi connectivity index (χ1n) is 8.79. The number of hydrogen-bond donors (Lipinski definition) is 1. The second-order valence-corrected chi connectivity index (χ2v) is 6.56. The molecule has 7 heteroatoms. The molecule has 0 aromatic rings. The molecule has 0 aliphatic heterocycles. The molecule has 0 aromatic heterocycles. The van der Waals surface area contributed by atoms with Crippen LogP contribution >= 0.6 is 0 Å². The fourth-order valence-corrected chi connectivity index (χ4v) is 2.58. The Labute approximate surface area is 149 Å². The smallest absolute Gasteiger partial charge is 0.407 e. The molecular weight excluding hydrogens is 326 g/mol. The summed E-state index contributed by atoms with van der Waals surface area (Å²) in [7, 11) is 1.21. The molecule has 142 valence electrons. The summed E-state index contributed by atoms with van der Waals surface area (Å²) in [6.45, 7) is 4.29. The third kappa shape index (κ3) is 9.12. The molecule has 1 fully saturated rings. The van der Waals surface area contributed by atoms with E-state index in [4.69, 9.17) is 9.47 Å². The Kier molecular flexibility index (Phi) is 9.65. The summed E-state index contributed by atoms with van der Waals surface area (Å²) >= 11 is 0. The van der Waals surface area contributed by atoms with E-state index in [-0.39, 0.29) is 12.5 Å². The summed E-state index contributed by atoms with van der Waals surface area (Å²) in [5.74, 6) is -0.837. The monoisotopic (exact) mass is 355 g/mol. The maximum absolute atomic E-state index is 12.0. The largest absolute Gasteiger partial charge is 0.466 e. The van der Waals surface area contributed by atoms with Crippen LogP contribution in [0.5, 0.6) is 0 Å². The number of amides is 1. The van der Waals surface area contributed by atoms with E-state index in [2.05, 4.69) is 10.1 Å². The molecule has 1 aliphatic rings. The van der Waals surface area contributed by atoms with Crippen molar-refractivity contribution in [2.75, 3.05) is 20.3 Å². The zero-order valence-electron chi connectivity index (χ0n) is 15.3. The number of esters is 2. The van der Waals surface area contributed by atoms with Gasteiger partial charge in [-0.3, -0.25) is 0 Å². The lowest BCUT2D eigenvalue weighted by atomic mass is 9.89. The van der Waals surface area contributed by atoms with Crippen LogP contribution in [-0.4, -0.2) is 44.4 Å². The SMILES string of the molecule is COC(=O)/C=C/C(=O)OC[C@H](OC(=O)NCC1CCCCC1)C(C)C. The Bertz CT molecular complexity index is 468. The molecule has 1 saturated carbocycles. The summed E-state index contributed by atoms with van der Waals surface area (Å²) < 4.78 is 14.8. The molecule has 0 heterocycles. The van der Waals surface area contributed by atoms with Crippen molar-refractivity contribution in [1.29, 1.82) is 0 Å². The van der Waals surface area contributed by atoms with E-state index >= 15 is 0 Å². The van der Waals surface area contributed by atoms with E-state index in [0.717, 1.165) is 25.0 Å². The Morgan fingerprint density at radius 2 is 1.72 bits per heavy atom. The number of rotatable bonds is 8. The van der Waals surface area contributed by atoms with Gasteiger partial charge in [0.25, 0.3) is 0 Å². The van der Waals surface area contributed by atoms with Crippen LogP contribution in [0.15, 0.2) is 12.2 Å². The Morgan fingerprint density at radius 3 is 2.32 bits per heavy atom. The molecule has 25 heavy (non-hydrogen) atoms. The second kappa shape index (κ2) is 11.5. The summed E-state index contributed by atoms with van der Waals surface area (Å²) in [4.78, 5) is 34.4. The van der Waals surface area contributed by atoms with Crippen LogP contribution < -0.4 is 5.32 Å². The van der Waals surface area contributed by atoms with Gasteiger partial charge >= 0.3 is 18.0 Å². The minimum Gasteiger partial charge on any atom is -0.466 e. The molecule has 0 spiro atoms. The molecule has 0 bridgehead atoms. The Balaban J connectivity index is 2.34. The number of nitrogens with one attached hydrogen (secondary N) is 1. The average molecular weight is 355 g/mol. The van der Waals surface area contributed by atoms with Gasteiger partial charge in [-0.25, -0.2) is 14.4 Å². The Morgan fingerprint density at radius 1 is 1.08 bits per heavy atom. The highest BCUT2D eigenvalue weighted by atomic mass is 16.6. The summed E-state index contributed by atoms with van der Waals surface area (Å²) in [6.07, 6.45) is 6.88. The van der Waals surface area contributed by atoms with Crippen molar-refractivity contribution in [3.8, 4) is 0 Å². The standard InChI is InChI=1S/C18H29NO6/c1-13(2)15(12-24-17(21)10-9-16(20)23-3)25-18(22)19-11-14-7-5-4-6-8-14/h9-10,13-15H,4-8,11-12H2,1-3H3,(H,19,22)/b10-9+/t15-/m0/s1. The van der Waals surface area contributed by atoms with Crippen LogP contribution in [0.4, 0.5) is 4.79 Å². The lowest BCUT2D eigenvalue weighted by molar-refractivity contribution is -0.142. The van der Waals surface area contributed by atoms with Gasteiger partial charge in [0.05, 0.1) is 7.11 Å². The predicted octanol–water partition coefficient (Wildman–Crippen LogP) is 2.59. The highest BCUT2D eigenvalue weighted by molar-refractivity contribution is 5.91. The molecule has 1 aliphatic carbocycles. The molecule has 1 atom stereocenters. The molecule has 0 aromatic carbocycles. The third-order valence-corrected chi connectivity index (χ3v) is 4.21. The minimum atomic E-state index is -0.692. The van der Waals surface area contributed by atoms with Crippen molar-refractivity contribution in [1.82, 2.24) is 5.32 Å². The van der Waals surface area contributed by atoms with E-state index in [1.165, 1.54) is 26.4 Å². The summed E-state index contributed by atoms with van der Waals surface area (Å²) in [5, 5.41) is 2.80. The number of alkyl carbamates (subject to hydrolysis) is 1. The number of hydrogen-bond acceptors (Lipinski definition) is 6. The molecule has 1 N–H and O–H groups in total. The van der Waals surface area contributed by atoms with Gasteiger partial charge in [-0.1, -0.05) is 33.1 Å². The van der Waals surface area contributed by atoms with Crippen molar-refractivity contribution in [2.45, 2.75) is 52.1 Å². The van der Waals surface area contributed by atoms with Crippen molar-refractivity contribution in [3.05, 3.63) is 12.2 Å². The van der Waals surface area contributed by atoms with E-state index in [9.17, 15) is 14.4 Å². The maximum atomic E-state index is 12.0. The summed E-state index contributed by atoms with van der Waals surface area (Å²) in [6, 6.07) is 0.